The van der Waals surface area contributed by atoms with Gasteiger partial charge in [-0.2, -0.15) is 0 Å². The van der Waals surface area contributed by atoms with Crippen molar-refractivity contribution in [2.45, 2.75) is 18.4 Å². The van der Waals surface area contributed by atoms with Crippen LogP contribution < -0.4 is 0 Å². The molecule has 0 radical (unpaired) electrons. The minimum absolute atomic E-state index is 0. The Kier molecular flexibility index (Phi) is 11.2. The quantitative estimate of drug-likeness (QED) is 0.254. The largest absolute Gasteiger partial charge is 1.00 e. The van der Waals surface area contributed by atoms with Gasteiger partial charge < -0.3 is 35.7 Å². The first-order valence-electron chi connectivity index (χ1n) is 3.72. The number of nitrogens with zero attached hydrogens (tertiary/aromatic N) is 1. The summed E-state index contributed by atoms with van der Waals surface area (Å²) in [6.45, 7) is 0. The molecule has 12 heteroatoms. The molecular weight excluding hydrogens is 354 g/mol. The van der Waals surface area contributed by atoms with Gasteiger partial charge in [-0.25, -0.2) is 4.79 Å². The second-order valence-corrected chi connectivity index (χ2v) is 2.70. The van der Waals surface area contributed by atoms with Gasteiger partial charge in [-0.3, -0.25) is 9.59 Å². The Labute approximate surface area is 114 Å². The van der Waals surface area contributed by atoms with Crippen molar-refractivity contribution in [3.63, 3.8) is 0 Å². The van der Waals surface area contributed by atoms with Crippen LogP contribution in [0.1, 0.15) is 12.8 Å². The van der Waals surface area contributed by atoms with Crippen molar-refractivity contribution in [2.24, 2.45) is 0 Å². The van der Waals surface area contributed by atoms with E-state index in [0.29, 0.717) is 0 Å². The molecule has 11 nitrogen and oxygen atoms in total. The molecule has 0 aromatic carbocycles. The predicted molar refractivity (Wildman–Crippen MR) is 47.5 cm³/mol. The molecule has 108 valence electrons. The molecule has 0 spiro atoms. The standard InChI is InChI=1S/C6H8O7.Ag.NO3/c7-3(8)1-6(13,5(11)12)2-4(9)10;;2-1(3)4/h13H,1-2H2,(H,7,8)(H,9,10)(H,11,12);;/q;+1;-1. The fraction of sp³-hybridized carbons (Fsp3) is 0.500. The third-order valence-electron chi connectivity index (χ3n) is 1.29. The maximum absolute atomic E-state index is 10.3. The van der Waals surface area contributed by atoms with Gasteiger partial charge in [0.1, 0.15) is 0 Å². The summed E-state index contributed by atoms with van der Waals surface area (Å²) >= 11 is 0. The van der Waals surface area contributed by atoms with Gasteiger partial charge in [0.05, 0.1) is 17.9 Å². The zero-order valence-electron chi connectivity index (χ0n) is 8.40. The first-order chi connectivity index (χ1) is 7.51. The smallest absolute Gasteiger partial charge is 0.481 e. The maximum Gasteiger partial charge on any atom is 1.00 e. The van der Waals surface area contributed by atoms with E-state index in [2.05, 4.69) is 0 Å². The summed E-state index contributed by atoms with van der Waals surface area (Å²) in [5, 5.41) is 48.6. The molecule has 0 saturated carbocycles. The van der Waals surface area contributed by atoms with Crippen molar-refractivity contribution in [2.75, 3.05) is 0 Å². The summed E-state index contributed by atoms with van der Waals surface area (Å²) in [6, 6.07) is 0. The van der Waals surface area contributed by atoms with E-state index in [4.69, 9.17) is 35.7 Å². The summed E-state index contributed by atoms with van der Waals surface area (Å²) < 4.78 is 0. The van der Waals surface area contributed by atoms with E-state index >= 15 is 0 Å². The van der Waals surface area contributed by atoms with Crippen LogP contribution in [0.2, 0.25) is 0 Å². The van der Waals surface area contributed by atoms with Gasteiger partial charge in [-0.1, -0.05) is 0 Å². The van der Waals surface area contributed by atoms with Crippen LogP contribution in [0.4, 0.5) is 0 Å². The van der Waals surface area contributed by atoms with Gasteiger partial charge in [0.2, 0.25) is 0 Å². The fourth-order valence-electron chi connectivity index (χ4n) is 0.714. The molecule has 4 N–H and O–H groups in total. The molecule has 0 bridgehead atoms. The van der Waals surface area contributed by atoms with E-state index in [9.17, 15) is 14.4 Å². The molecule has 0 aliphatic carbocycles. The molecule has 0 aliphatic rings. The van der Waals surface area contributed by atoms with Crippen LogP contribution in [-0.4, -0.2) is 49.0 Å². The van der Waals surface area contributed by atoms with Crippen LogP contribution in [0.5, 0.6) is 0 Å². The molecule has 0 aromatic heterocycles. The Morgan fingerprint density at radius 2 is 1.22 bits per heavy atom. The van der Waals surface area contributed by atoms with Crippen LogP contribution in [0.3, 0.4) is 0 Å². The van der Waals surface area contributed by atoms with Crippen LogP contribution in [-0.2, 0) is 36.8 Å². The predicted octanol–water partition coefficient (Wildman–Crippen LogP) is -1.49. The second kappa shape index (κ2) is 9.35. The third kappa shape index (κ3) is 12.4. The molecule has 0 rings (SSSR count). The molecule has 0 aromatic rings. The molecule has 18 heavy (non-hydrogen) atoms. The minimum Gasteiger partial charge on any atom is -0.481 e. The van der Waals surface area contributed by atoms with Crippen LogP contribution >= 0.6 is 0 Å². The number of aliphatic carboxylic acids is 3. The zero-order valence-corrected chi connectivity index (χ0v) is 9.88. The maximum atomic E-state index is 10.3. The van der Waals surface area contributed by atoms with Gasteiger partial charge >= 0.3 is 40.3 Å². The topological polar surface area (TPSA) is 198 Å². The molecule has 0 amide bonds. The molecule has 0 saturated heterocycles. The number of aliphatic hydroxyl groups is 1. The first kappa shape index (κ1) is 21.6. The first-order valence-corrected chi connectivity index (χ1v) is 3.72. The van der Waals surface area contributed by atoms with Crippen LogP contribution in [0.15, 0.2) is 0 Å². The number of hydrogen-bond acceptors (Lipinski definition) is 7. The second-order valence-electron chi connectivity index (χ2n) is 2.70. The summed E-state index contributed by atoms with van der Waals surface area (Å²) in [5.74, 6) is -5.02. The van der Waals surface area contributed by atoms with E-state index in [1.165, 1.54) is 0 Å². The fourth-order valence-corrected chi connectivity index (χ4v) is 0.714. The normalized spacial score (nSPS) is 9.17. The van der Waals surface area contributed by atoms with Crippen molar-refractivity contribution in [3.8, 4) is 0 Å². The van der Waals surface area contributed by atoms with Gasteiger partial charge in [0, 0.05) is 0 Å². The van der Waals surface area contributed by atoms with E-state index in [1.807, 2.05) is 0 Å². The molecule has 0 fully saturated rings. The van der Waals surface area contributed by atoms with Gasteiger partial charge in [-0.15, -0.1) is 0 Å². The Balaban J connectivity index is -0.000000392. The van der Waals surface area contributed by atoms with E-state index in [-0.39, 0.29) is 22.4 Å². The zero-order chi connectivity index (χ0) is 14.2. The summed E-state index contributed by atoms with van der Waals surface area (Å²) in [7, 11) is 0. The van der Waals surface area contributed by atoms with Gasteiger partial charge in [0.15, 0.2) is 5.60 Å². The van der Waals surface area contributed by atoms with Gasteiger partial charge in [-0.05, 0) is 0 Å². The van der Waals surface area contributed by atoms with Crippen molar-refractivity contribution in [3.05, 3.63) is 15.3 Å². The minimum atomic E-state index is -2.74. The number of hydrogen-bond donors (Lipinski definition) is 4. The molecule has 0 atom stereocenters. The average Bonchev–Trinajstić information content (AvgIpc) is 1.98. The van der Waals surface area contributed by atoms with Crippen molar-refractivity contribution in [1.82, 2.24) is 0 Å². The average molecular weight is 362 g/mol. The van der Waals surface area contributed by atoms with E-state index in [1.54, 1.807) is 0 Å². The number of carboxylic acid groups (broad SMARTS) is 3. The Morgan fingerprint density at radius 1 is 1.00 bits per heavy atom. The van der Waals surface area contributed by atoms with Crippen molar-refractivity contribution < 1.29 is 62.3 Å². The van der Waals surface area contributed by atoms with E-state index < -0.39 is 41.4 Å². The Morgan fingerprint density at radius 3 is 1.33 bits per heavy atom. The van der Waals surface area contributed by atoms with Crippen LogP contribution in [0, 0.1) is 15.3 Å². The number of rotatable bonds is 5. The van der Waals surface area contributed by atoms with Crippen molar-refractivity contribution >= 4 is 17.9 Å². The summed E-state index contributed by atoms with van der Waals surface area (Å²) in [5.41, 5.74) is -2.74. The summed E-state index contributed by atoms with van der Waals surface area (Å²) in [4.78, 5) is 38.7. The SMILES string of the molecule is O=C(O)CC(O)(CC(=O)O)C(=O)O.O=[N+]([O-])[O-].[Ag+]. The molecule has 0 aliphatic heterocycles. The molecular formula is C6H8AgNO10. The number of carbonyl (C=O) groups is 3. The Bertz CT molecular complexity index is 308. The van der Waals surface area contributed by atoms with Gasteiger partial charge in [0.25, 0.3) is 0 Å². The number of carboxylic acids is 3. The van der Waals surface area contributed by atoms with Crippen LogP contribution in [0.25, 0.3) is 0 Å². The summed E-state index contributed by atoms with van der Waals surface area (Å²) in [6.07, 6.45) is -2.29. The molecule has 0 unspecified atom stereocenters. The Hall–Kier alpha value is -1.69. The van der Waals surface area contributed by atoms with Crippen molar-refractivity contribution in [1.29, 1.82) is 0 Å². The third-order valence-corrected chi connectivity index (χ3v) is 1.29. The monoisotopic (exact) mass is 361 g/mol. The van der Waals surface area contributed by atoms with E-state index in [0.717, 1.165) is 0 Å². The molecule has 0 heterocycles.